The molecule has 5 nitrogen and oxygen atoms in total. The summed E-state index contributed by atoms with van der Waals surface area (Å²) >= 11 is 0. The fraction of sp³-hybridized carbons (Fsp3) is 0.789. The lowest BCUT2D eigenvalue weighted by Gasteiger charge is -2.28. The second-order valence-corrected chi connectivity index (χ2v) is 7.04. The van der Waals surface area contributed by atoms with E-state index in [0.717, 1.165) is 31.9 Å². The van der Waals surface area contributed by atoms with Crippen LogP contribution in [0.4, 0.5) is 0 Å². The first kappa shape index (κ1) is 18.8. The molecule has 0 unspecified atom stereocenters. The zero-order chi connectivity index (χ0) is 17.6. The predicted molar refractivity (Wildman–Crippen MR) is 101 cm³/mol. The van der Waals surface area contributed by atoms with E-state index in [2.05, 4.69) is 41.5 Å². The topological polar surface area (TPSA) is 54.2 Å². The molecule has 1 heterocycles. The summed E-state index contributed by atoms with van der Waals surface area (Å²) in [5.41, 5.74) is 4.31. The van der Waals surface area contributed by atoms with Gasteiger partial charge in [-0.3, -0.25) is 9.67 Å². The van der Waals surface area contributed by atoms with Crippen molar-refractivity contribution in [1.29, 1.82) is 0 Å². The normalized spacial score (nSPS) is 17.3. The van der Waals surface area contributed by atoms with Gasteiger partial charge in [0.05, 0.1) is 5.69 Å². The Morgan fingerprint density at radius 3 is 2.42 bits per heavy atom. The molecule has 0 spiro atoms. The monoisotopic (exact) mass is 333 g/mol. The van der Waals surface area contributed by atoms with Gasteiger partial charge in [0.15, 0.2) is 5.96 Å². The molecule has 0 bridgehead atoms. The summed E-state index contributed by atoms with van der Waals surface area (Å²) in [4.78, 5) is 4.41. The van der Waals surface area contributed by atoms with Crippen LogP contribution >= 0.6 is 0 Å². The van der Waals surface area contributed by atoms with E-state index in [-0.39, 0.29) is 0 Å². The lowest BCUT2D eigenvalue weighted by atomic mass is 9.83. The highest BCUT2D eigenvalue weighted by molar-refractivity contribution is 5.79. The highest BCUT2D eigenvalue weighted by Gasteiger charge is 2.31. The van der Waals surface area contributed by atoms with Crippen LogP contribution in [0.1, 0.15) is 69.8 Å². The maximum absolute atomic E-state index is 4.65. The Hall–Kier alpha value is -1.52. The molecule has 1 aromatic rings. The Labute approximate surface area is 147 Å². The van der Waals surface area contributed by atoms with Gasteiger partial charge in [-0.25, -0.2) is 0 Å². The number of nitrogens with one attached hydrogen (secondary N) is 2. The molecule has 2 rings (SSSR count). The second kappa shape index (κ2) is 8.54. The number of hydrogen-bond donors (Lipinski definition) is 2. The quantitative estimate of drug-likeness (QED) is 0.595. The summed E-state index contributed by atoms with van der Waals surface area (Å²) in [5, 5.41) is 11.7. The third kappa shape index (κ3) is 4.11. The van der Waals surface area contributed by atoms with Gasteiger partial charge in [-0.05, 0) is 37.5 Å². The predicted octanol–water partition coefficient (Wildman–Crippen LogP) is 3.18. The summed E-state index contributed by atoms with van der Waals surface area (Å²) in [5.74, 6) is 0.905. The highest BCUT2D eigenvalue weighted by atomic mass is 15.3. The number of aliphatic imine (C=N–C) groups is 1. The van der Waals surface area contributed by atoms with Crippen LogP contribution in [0, 0.1) is 5.41 Å². The molecule has 1 saturated carbocycles. The first-order valence-corrected chi connectivity index (χ1v) is 9.57. The molecule has 0 amide bonds. The van der Waals surface area contributed by atoms with E-state index in [9.17, 15) is 0 Å². The standard InChI is InChI=1S/C19H35N5/c1-6-16-15(17(7-2)24(5)23-16)13-21-18(20-4)22-14-19(8-3)11-9-10-12-19/h6-14H2,1-5H3,(H2,20,21,22). The fourth-order valence-corrected chi connectivity index (χ4v) is 4.04. The number of hydrogen-bond acceptors (Lipinski definition) is 2. The van der Waals surface area contributed by atoms with Crippen LogP contribution in [0.5, 0.6) is 0 Å². The molecule has 2 N–H and O–H groups in total. The van der Waals surface area contributed by atoms with Crippen molar-refractivity contribution < 1.29 is 0 Å². The van der Waals surface area contributed by atoms with Crippen molar-refractivity contribution in [3.05, 3.63) is 17.0 Å². The van der Waals surface area contributed by atoms with Gasteiger partial charge >= 0.3 is 0 Å². The minimum Gasteiger partial charge on any atom is -0.356 e. The SMILES string of the molecule is CCc1nn(C)c(CC)c1CNC(=NC)NCC1(CC)CCCC1. The van der Waals surface area contributed by atoms with E-state index in [1.165, 1.54) is 49.1 Å². The fourth-order valence-electron chi connectivity index (χ4n) is 4.04. The third-order valence-electron chi connectivity index (χ3n) is 5.73. The molecule has 1 aliphatic carbocycles. The molecule has 0 aromatic carbocycles. The summed E-state index contributed by atoms with van der Waals surface area (Å²) in [7, 11) is 3.90. The number of guanidine groups is 1. The smallest absolute Gasteiger partial charge is 0.191 e. The van der Waals surface area contributed by atoms with Gasteiger partial charge in [0.1, 0.15) is 0 Å². The molecule has 1 aromatic heterocycles. The van der Waals surface area contributed by atoms with Crippen LogP contribution < -0.4 is 10.6 Å². The van der Waals surface area contributed by atoms with Crippen molar-refractivity contribution in [3.8, 4) is 0 Å². The number of aromatic nitrogens is 2. The second-order valence-electron chi connectivity index (χ2n) is 7.04. The van der Waals surface area contributed by atoms with E-state index >= 15 is 0 Å². The van der Waals surface area contributed by atoms with Crippen molar-refractivity contribution in [2.45, 2.75) is 72.3 Å². The Balaban J connectivity index is 1.97. The largest absolute Gasteiger partial charge is 0.356 e. The molecule has 1 fully saturated rings. The van der Waals surface area contributed by atoms with Gasteiger partial charge < -0.3 is 10.6 Å². The van der Waals surface area contributed by atoms with Crippen LogP contribution in [-0.2, 0) is 26.4 Å². The van der Waals surface area contributed by atoms with Crippen molar-refractivity contribution in [2.24, 2.45) is 17.5 Å². The first-order chi connectivity index (χ1) is 11.6. The number of nitrogens with zero attached hydrogens (tertiary/aromatic N) is 3. The average Bonchev–Trinajstić information content (AvgIpc) is 3.19. The molecule has 5 heteroatoms. The minimum atomic E-state index is 0.467. The minimum absolute atomic E-state index is 0.467. The summed E-state index contributed by atoms with van der Waals surface area (Å²) in [6, 6.07) is 0. The van der Waals surface area contributed by atoms with Gasteiger partial charge in [0, 0.05) is 38.4 Å². The van der Waals surface area contributed by atoms with Crippen molar-refractivity contribution in [1.82, 2.24) is 20.4 Å². The molecule has 1 aliphatic rings. The maximum Gasteiger partial charge on any atom is 0.191 e. The number of rotatable bonds is 7. The summed E-state index contributed by atoms with van der Waals surface area (Å²) in [6.07, 6.45) is 8.65. The van der Waals surface area contributed by atoms with Crippen molar-refractivity contribution in [3.63, 3.8) is 0 Å². The van der Waals surface area contributed by atoms with Gasteiger partial charge in [0.25, 0.3) is 0 Å². The Morgan fingerprint density at radius 1 is 1.17 bits per heavy atom. The molecule has 0 radical (unpaired) electrons. The molecule has 24 heavy (non-hydrogen) atoms. The van der Waals surface area contributed by atoms with E-state index in [1.54, 1.807) is 0 Å². The van der Waals surface area contributed by atoms with Gasteiger partial charge in [0.2, 0.25) is 0 Å². The van der Waals surface area contributed by atoms with Crippen LogP contribution in [0.25, 0.3) is 0 Å². The third-order valence-corrected chi connectivity index (χ3v) is 5.73. The average molecular weight is 334 g/mol. The maximum atomic E-state index is 4.65. The Kier molecular flexibility index (Phi) is 6.69. The van der Waals surface area contributed by atoms with Gasteiger partial charge in [-0.2, -0.15) is 5.10 Å². The summed E-state index contributed by atoms with van der Waals surface area (Å²) < 4.78 is 2.02. The molecular formula is C19H35N5. The zero-order valence-corrected chi connectivity index (χ0v) is 16.2. The lowest BCUT2D eigenvalue weighted by Crippen LogP contribution is -2.42. The van der Waals surface area contributed by atoms with Crippen molar-refractivity contribution in [2.75, 3.05) is 13.6 Å². The molecule has 136 valence electrons. The summed E-state index contributed by atoms with van der Waals surface area (Å²) in [6.45, 7) is 8.50. The van der Waals surface area contributed by atoms with E-state index < -0.39 is 0 Å². The molecular weight excluding hydrogens is 298 g/mol. The van der Waals surface area contributed by atoms with Crippen LogP contribution in [0.15, 0.2) is 4.99 Å². The van der Waals surface area contributed by atoms with E-state index in [4.69, 9.17) is 0 Å². The van der Waals surface area contributed by atoms with Crippen LogP contribution in [0.3, 0.4) is 0 Å². The van der Waals surface area contributed by atoms with Gasteiger partial charge in [-0.1, -0.05) is 33.6 Å². The lowest BCUT2D eigenvalue weighted by molar-refractivity contribution is 0.283. The van der Waals surface area contributed by atoms with Gasteiger partial charge in [-0.15, -0.1) is 0 Å². The van der Waals surface area contributed by atoms with Crippen LogP contribution in [0.2, 0.25) is 0 Å². The molecule has 0 aliphatic heterocycles. The van der Waals surface area contributed by atoms with E-state index in [1.807, 2.05) is 18.8 Å². The van der Waals surface area contributed by atoms with Crippen molar-refractivity contribution >= 4 is 5.96 Å². The Morgan fingerprint density at radius 2 is 1.88 bits per heavy atom. The molecule has 0 saturated heterocycles. The first-order valence-electron chi connectivity index (χ1n) is 9.57. The zero-order valence-electron chi connectivity index (χ0n) is 16.2. The Bertz CT molecular complexity index is 552. The molecule has 0 atom stereocenters. The van der Waals surface area contributed by atoms with E-state index in [0.29, 0.717) is 5.41 Å². The van der Waals surface area contributed by atoms with Crippen LogP contribution in [-0.4, -0.2) is 29.3 Å². The highest BCUT2D eigenvalue weighted by Crippen LogP contribution is 2.40. The number of aryl methyl sites for hydroxylation is 2.